The number of rotatable bonds is 40. The van der Waals surface area contributed by atoms with E-state index in [1.165, 1.54) is 75.7 Å². The Hall–Kier alpha value is -6.66. The average molecular weight is 1060 g/mol. The molecule has 0 spiro atoms. The number of amides is 9. The lowest BCUT2D eigenvalue weighted by Crippen LogP contribution is -2.60. The van der Waals surface area contributed by atoms with Crippen molar-refractivity contribution in [3.05, 3.63) is 18.2 Å². The minimum absolute atomic E-state index is 0.00453. The molecule has 0 bridgehead atoms. The molecule has 25 nitrogen and oxygen atoms in total. The number of hydrogen-bond acceptors (Lipinski definition) is 13. The number of nitrogens with one attached hydrogen (secondary N) is 7. The summed E-state index contributed by atoms with van der Waals surface area (Å²) in [5.74, 6) is -8.90. The number of primary amides is 1. The summed E-state index contributed by atoms with van der Waals surface area (Å²) in [6.45, 7) is 4.16. The number of likely N-dealkylation sites (tertiary alicyclic amines) is 1. The highest BCUT2D eigenvalue weighted by atomic mass is 16.4. The number of aliphatic carboxylic acids is 1. The van der Waals surface area contributed by atoms with E-state index in [0.29, 0.717) is 44.3 Å². The van der Waals surface area contributed by atoms with Gasteiger partial charge in [-0.15, -0.1) is 0 Å². The number of aromatic amines is 1. The third-order valence-corrected chi connectivity index (χ3v) is 12.8. The highest BCUT2D eigenvalue weighted by Crippen LogP contribution is 2.18. The monoisotopic (exact) mass is 1060 g/mol. The van der Waals surface area contributed by atoms with Crippen molar-refractivity contribution in [3.8, 4) is 0 Å². The summed E-state index contributed by atoms with van der Waals surface area (Å²) >= 11 is 0. The van der Waals surface area contributed by atoms with Crippen molar-refractivity contribution in [2.24, 2.45) is 27.9 Å². The number of guanidine groups is 1. The fourth-order valence-electron chi connectivity index (χ4n) is 8.67. The van der Waals surface area contributed by atoms with Crippen LogP contribution in [0.25, 0.3) is 0 Å². The maximum atomic E-state index is 14.2. The molecule has 0 radical (unpaired) electrons. The van der Waals surface area contributed by atoms with E-state index in [0.717, 1.165) is 25.7 Å². The van der Waals surface area contributed by atoms with Crippen molar-refractivity contribution >= 4 is 65.1 Å². The van der Waals surface area contributed by atoms with Gasteiger partial charge in [0.2, 0.25) is 53.2 Å². The highest BCUT2D eigenvalue weighted by Gasteiger charge is 2.37. The number of aliphatic imine (C=N–C) groups is 1. The van der Waals surface area contributed by atoms with Crippen LogP contribution in [0, 0.1) is 0 Å². The van der Waals surface area contributed by atoms with E-state index >= 15 is 0 Å². The van der Waals surface area contributed by atoms with Gasteiger partial charge in [0.25, 0.3) is 0 Å². The predicted octanol–water partition coefficient (Wildman–Crippen LogP) is 0.434. The topological polar surface area (TPSA) is 411 Å². The lowest BCUT2D eigenvalue weighted by molar-refractivity contribution is -0.139. The van der Waals surface area contributed by atoms with E-state index in [4.69, 9.17) is 22.9 Å². The van der Waals surface area contributed by atoms with Crippen LogP contribution >= 0.6 is 0 Å². The Bertz CT molecular complexity index is 2000. The zero-order valence-corrected chi connectivity index (χ0v) is 44.1. The Kier molecular flexibility index (Phi) is 31.9. The third kappa shape index (κ3) is 27.4. The number of aromatic nitrogens is 2. The number of carboxylic acids is 1. The van der Waals surface area contributed by atoms with E-state index in [9.17, 15) is 53.1 Å². The van der Waals surface area contributed by atoms with E-state index in [2.05, 4.69) is 53.8 Å². The van der Waals surface area contributed by atoms with Crippen molar-refractivity contribution in [3.63, 3.8) is 0 Å². The van der Waals surface area contributed by atoms with Gasteiger partial charge >= 0.3 is 5.97 Å². The normalized spacial score (nSPS) is 15.0. The van der Waals surface area contributed by atoms with Crippen molar-refractivity contribution in [1.82, 2.24) is 46.8 Å². The van der Waals surface area contributed by atoms with Crippen LogP contribution in [0.15, 0.2) is 17.5 Å². The first-order valence-electron chi connectivity index (χ1n) is 26.7. The zero-order valence-electron chi connectivity index (χ0n) is 44.1. The third-order valence-electron chi connectivity index (χ3n) is 12.8. The second-order valence-corrected chi connectivity index (χ2v) is 19.2. The fraction of sp³-hybridized carbons (Fsp3) is 0.720. The number of unbranched alkanes of at least 4 members (excludes halogenated alkanes) is 13. The molecule has 9 amide bonds. The van der Waals surface area contributed by atoms with Crippen LogP contribution in [0.4, 0.5) is 0 Å². The van der Waals surface area contributed by atoms with Gasteiger partial charge in [0, 0.05) is 51.2 Å². The summed E-state index contributed by atoms with van der Waals surface area (Å²) in [4.78, 5) is 144. The van der Waals surface area contributed by atoms with Crippen LogP contribution in [-0.4, -0.2) is 141 Å². The van der Waals surface area contributed by atoms with E-state index in [-0.39, 0.29) is 57.1 Å². The van der Waals surface area contributed by atoms with Crippen molar-refractivity contribution in [2.75, 3.05) is 19.6 Å². The number of hydrogen-bond donors (Lipinski definition) is 12. The molecule has 1 saturated heterocycles. The molecule has 0 unspecified atom stereocenters. The van der Waals surface area contributed by atoms with Crippen molar-refractivity contribution < 1.29 is 53.1 Å². The molecule has 1 aromatic rings. The Labute approximate surface area is 440 Å². The van der Waals surface area contributed by atoms with Crippen LogP contribution in [0.3, 0.4) is 0 Å². The smallest absolute Gasteiger partial charge is 0.303 e. The van der Waals surface area contributed by atoms with Gasteiger partial charge in [-0.05, 0) is 64.3 Å². The van der Waals surface area contributed by atoms with Crippen LogP contribution < -0.4 is 54.8 Å². The van der Waals surface area contributed by atoms with Gasteiger partial charge in [-0.2, -0.15) is 0 Å². The maximum Gasteiger partial charge on any atom is 0.303 e. The van der Waals surface area contributed by atoms with E-state index in [1.54, 1.807) is 0 Å². The van der Waals surface area contributed by atoms with Crippen LogP contribution in [0.2, 0.25) is 0 Å². The highest BCUT2D eigenvalue weighted by molar-refractivity contribution is 6.01. The van der Waals surface area contributed by atoms with Crippen molar-refractivity contribution in [2.45, 2.75) is 211 Å². The lowest BCUT2D eigenvalue weighted by atomic mass is 10.0. The van der Waals surface area contributed by atoms with Gasteiger partial charge in [-0.3, -0.25) is 58.3 Å². The molecule has 1 fully saturated rings. The fourth-order valence-corrected chi connectivity index (χ4v) is 8.67. The second-order valence-electron chi connectivity index (χ2n) is 19.2. The number of carboxylic acid groups (broad SMARTS) is 1. The zero-order chi connectivity index (χ0) is 55.5. The van der Waals surface area contributed by atoms with Gasteiger partial charge in [-0.1, -0.05) is 84.0 Å². The molecule has 1 aliphatic heterocycles. The van der Waals surface area contributed by atoms with E-state index in [1.807, 2.05) is 0 Å². The predicted molar refractivity (Wildman–Crippen MR) is 279 cm³/mol. The average Bonchev–Trinajstić information content (AvgIpc) is 4.08. The Morgan fingerprint density at radius 1 is 0.680 bits per heavy atom. The summed E-state index contributed by atoms with van der Waals surface area (Å²) in [5.41, 5.74) is 22.6. The molecule has 25 heteroatoms. The summed E-state index contributed by atoms with van der Waals surface area (Å²) < 4.78 is 0. The first-order valence-corrected chi connectivity index (χ1v) is 26.7. The summed E-state index contributed by atoms with van der Waals surface area (Å²) in [5, 5.41) is 24.5. The number of H-pyrrole nitrogens is 1. The van der Waals surface area contributed by atoms with Crippen LogP contribution in [0.5, 0.6) is 0 Å². The van der Waals surface area contributed by atoms with Gasteiger partial charge in [0.15, 0.2) is 5.96 Å². The number of nitrogens with zero attached hydrogens (tertiary/aromatic N) is 3. The number of nitrogens with two attached hydrogens (primary N) is 4. The molecule has 0 aromatic carbocycles. The molecule has 75 heavy (non-hydrogen) atoms. The molecule has 16 N–H and O–H groups in total. The molecular weight excluding hydrogens is 973 g/mol. The molecule has 422 valence electrons. The second kappa shape index (κ2) is 37.1. The van der Waals surface area contributed by atoms with E-state index < -0.39 is 109 Å². The Balaban J connectivity index is 2.23. The molecule has 2 heterocycles. The minimum atomic E-state index is -1.74. The number of carbonyl (C=O) groups excluding carboxylic acids is 9. The molecular formula is C50H86N14O11. The van der Waals surface area contributed by atoms with Crippen LogP contribution in [0.1, 0.15) is 174 Å². The first kappa shape index (κ1) is 64.5. The lowest BCUT2D eigenvalue weighted by Gasteiger charge is -2.28. The SMILES string of the molecule is CCCCCCCCCCCCCCCC(=O)NC(=O)[C@H](CCCCN)NC(=O)[C@H](CC(N)=O)NC(=O)[C@H](CCC(=O)O)NC(=O)[C@H](CCCN=C(N)N)NC(=O)[C@H](Cc1cnc[nH]1)NC(=O)[C@@H]1CCCN1C(C)=O. The van der Waals surface area contributed by atoms with Gasteiger partial charge in [-0.25, -0.2) is 4.98 Å². The molecule has 1 aliphatic rings. The van der Waals surface area contributed by atoms with Crippen LogP contribution in [-0.2, 0) is 54.4 Å². The standard InChI is InChI=1S/C50H86N14O11/c1-3-4-5-6-7-8-9-10-11-12-13-14-15-23-42(67)63-46(72)35(20-16-17-26-51)58-48(74)39(30-41(52)66)61-45(71)37(24-25-43(68)69)60-44(70)36(21-18-27-56-50(53)54)59-47(73)38(29-34-31-55-32-57-34)62-49(75)40-22-19-28-64(40)33(2)65/h31-32,35-40H,3-30,51H2,1-2H3,(H2,52,66)(H,55,57)(H,58,74)(H,59,73)(H,60,70)(H,61,71)(H,62,75)(H,68,69)(H4,53,54,56)(H,63,67,72)/t35-,36-,37-,38-,39-,40-/m0/s1. The van der Waals surface area contributed by atoms with Gasteiger partial charge in [0.05, 0.1) is 12.7 Å². The number of imide groups is 1. The summed E-state index contributed by atoms with van der Waals surface area (Å²) in [7, 11) is 0. The molecule has 0 aliphatic carbocycles. The minimum Gasteiger partial charge on any atom is -0.481 e. The van der Waals surface area contributed by atoms with Gasteiger partial charge < -0.3 is 64.5 Å². The molecule has 1 aromatic heterocycles. The molecule has 6 atom stereocenters. The molecule has 0 saturated carbocycles. The molecule has 2 rings (SSSR count). The van der Waals surface area contributed by atoms with Crippen molar-refractivity contribution in [1.29, 1.82) is 0 Å². The summed E-state index contributed by atoms with van der Waals surface area (Å²) in [6, 6.07) is -8.36. The Morgan fingerprint density at radius 3 is 1.75 bits per heavy atom. The quantitative estimate of drug-likeness (QED) is 0.0241. The largest absolute Gasteiger partial charge is 0.481 e. The number of carbonyl (C=O) groups is 10. The maximum absolute atomic E-state index is 14.2. The first-order chi connectivity index (χ1) is 35.9. The number of imidazole rings is 1. The summed E-state index contributed by atoms with van der Waals surface area (Å²) in [6.07, 6.45) is 17.1. The van der Waals surface area contributed by atoms with Gasteiger partial charge in [0.1, 0.15) is 36.3 Å². The Morgan fingerprint density at radius 2 is 1.21 bits per heavy atom.